The maximum atomic E-state index is 13.6. The summed E-state index contributed by atoms with van der Waals surface area (Å²) < 4.78 is 168. The van der Waals surface area contributed by atoms with Crippen LogP contribution in [0.1, 0.15) is 12.0 Å². The molecule has 0 spiro atoms. The molecule has 0 bridgehead atoms. The van der Waals surface area contributed by atoms with Gasteiger partial charge in [0.1, 0.15) is 0 Å². The molecule has 0 fully saturated rings. The summed E-state index contributed by atoms with van der Waals surface area (Å²) in [7, 11) is 2.17. The van der Waals surface area contributed by atoms with Gasteiger partial charge >= 0.3 is 35.8 Å². The Labute approximate surface area is 151 Å². The van der Waals surface area contributed by atoms with Gasteiger partial charge in [-0.25, -0.2) is 0 Å². The minimum atomic E-state index is -7.85. The maximum absolute atomic E-state index is 13.6. The first kappa shape index (κ1) is 24.8. The lowest BCUT2D eigenvalue weighted by Crippen LogP contribution is -2.70. The van der Waals surface area contributed by atoms with Crippen LogP contribution >= 0.6 is 9.24 Å². The third-order valence-electron chi connectivity index (χ3n) is 3.71. The normalized spacial score (nSPS) is 15.1. The predicted octanol–water partition coefficient (Wildman–Crippen LogP) is 5.86. The number of aryl methyl sites for hydroxylation is 1. The first-order chi connectivity index (χ1) is 12.2. The van der Waals surface area contributed by atoms with E-state index in [4.69, 9.17) is 0 Å². The van der Waals surface area contributed by atoms with Crippen LogP contribution in [0.4, 0.5) is 57.1 Å². The summed E-state index contributed by atoms with van der Waals surface area (Å²) in [4.78, 5) is 0. The standard InChI is InChI=1S/C14H10F13P/c15-9(16,6-5-7-1-3-8(28)4-2-7)10(17,18)11(19,20)12(21,22)13(23,24)14(25,26)27/h1-4H,5-6,28H2. The minimum Gasteiger partial charge on any atom is -0.200 e. The topological polar surface area (TPSA) is 0 Å². The lowest BCUT2D eigenvalue weighted by atomic mass is 9.91. The highest BCUT2D eigenvalue weighted by molar-refractivity contribution is 7.27. The largest absolute Gasteiger partial charge is 0.460 e. The Morgan fingerprint density at radius 3 is 1.36 bits per heavy atom. The molecule has 0 aliphatic heterocycles. The Morgan fingerprint density at radius 1 is 0.571 bits per heavy atom. The van der Waals surface area contributed by atoms with E-state index in [1.165, 1.54) is 12.1 Å². The summed E-state index contributed by atoms with van der Waals surface area (Å²) in [5.41, 5.74) is -0.127. The molecule has 162 valence electrons. The molecule has 1 atom stereocenters. The maximum Gasteiger partial charge on any atom is 0.460 e. The van der Waals surface area contributed by atoms with Crippen molar-refractivity contribution in [3.05, 3.63) is 29.8 Å². The first-order valence-electron chi connectivity index (χ1n) is 7.02. The third-order valence-corrected chi connectivity index (χ3v) is 4.09. The fraction of sp³-hybridized carbons (Fsp3) is 0.571. The van der Waals surface area contributed by atoms with Crippen molar-refractivity contribution >= 4 is 14.5 Å². The van der Waals surface area contributed by atoms with Crippen LogP contribution in [0.2, 0.25) is 0 Å². The average Bonchev–Trinajstić information content (AvgIpc) is 2.52. The molecule has 0 radical (unpaired) electrons. The SMILES string of the molecule is FC(F)(F)C(F)(F)C(F)(F)C(F)(F)C(F)(F)C(F)(F)CCc1ccc(P)cc1. The Bertz CT molecular complexity index is 675. The van der Waals surface area contributed by atoms with E-state index in [9.17, 15) is 57.1 Å². The fourth-order valence-electron chi connectivity index (χ4n) is 1.94. The molecular formula is C14H10F13P. The van der Waals surface area contributed by atoms with Gasteiger partial charge < -0.3 is 0 Å². The second-order valence-corrected chi connectivity index (χ2v) is 6.41. The zero-order valence-electron chi connectivity index (χ0n) is 13.2. The van der Waals surface area contributed by atoms with Crippen molar-refractivity contribution in [2.24, 2.45) is 0 Å². The second kappa shape index (κ2) is 7.21. The van der Waals surface area contributed by atoms with Gasteiger partial charge in [0.2, 0.25) is 0 Å². The van der Waals surface area contributed by atoms with Crippen LogP contribution < -0.4 is 5.30 Å². The van der Waals surface area contributed by atoms with Gasteiger partial charge in [0, 0.05) is 6.42 Å². The highest BCUT2D eigenvalue weighted by atomic mass is 31.0. The van der Waals surface area contributed by atoms with Gasteiger partial charge in [-0.2, -0.15) is 57.1 Å². The van der Waals surface area contributed by atoms with Crippen molar-refractivity contribution < 1.29 is 57.1 Å². The van der Waals surface area contributed by atoms with Crippen LogP contribution in [-0.2, 0) is 6.42 Å². The molecule has 0 N–H and O–H groups in total. The summed E-state index contributed by atoms with van der Waals surface area (Å²) in [6.45, 7) is 0. The second-order valence-electron chi connectivity index (χ2n) is 5.74. The first-order valence-corrected chi connectivity index (χ1v) is 7.60. The van der Waals surface area contributed by atoms with Gasteiger partial charge in [0.15, 0.2) is 0 Å². The van der Waals surface area contributed by atoms with Crippen molar-refractivity contribution in [3.8, 4) is 0 Å². The van der Waals surface area contributed by atoms with E-state index in [0.717, 1.165) is 12.1 Å². The van der Waals surface area contributed by atoms with Gasteiger partial charge in [-0.05, 0) is 17.3 Å². The lowest BCUT2D eigenvalue weighted by molar-refractivity contribution is -0.440. The molecule has 28 heavy (non-hydrogen) atoms. The number of rotatable bonds is 7. The van der Waals surface area contributed by atoms with E-state index < -0.39 is 48.6 Å². The summed E-state index contributed by atoms with van der Waals surface area (Å²) in [6.07, 6.45) is -10.7. The molecule has 0 saturated heterocycles. The van der Waals surface area contributed by atoms with E-state index in [1.807, 2.05) is 0 Å². The smallest absolute Gasteiger partial charge is 0.200 e. The zero-order valence-corrected chi connectivity index (χ0v) is 14.4. The highest BCUT2D eigenvalue weighted by Gasteiger charge is 2.90. The molecule has 0 aliphatic rings. The lowest BCUT2D eigenvalue weighted by Gasteiger charge is -2.39. The van der Waals surface area contributed by atoms with Crippen molar-refractivity contribution in [3.63, 3.8) is 0 Å². The van der Waals surface area contributed by atoms with Crippen LogP contribution in [0.5, 0.6) is 0 Å². The van der Waals surface area contributed by atoms with Crippen molar-refractivity contribution in [1.29, 1.82) is 0 Å². The Hall–Kier alpha value is -1.26. The van der Waals surface area contributed by atoms with Crippen molar-refractivity contribution in [2.45, 2.75) is 48.6 Å². The minimum absolute atomic E-state index is 0.127. The van der Waals surface area contributed by atoms with Gasteiger partial charge in [0.25, 0.3) is 0 Å². The Balaban J connectivity index is 3.23. The molecule has 0 heterocycles. The van der Waals surface area contributed by atoms with Gasteiger partial charge in [0.05, 0.1) is 0 Å². The quantitative estimate of drug-likeness (QED) is 0.357. The summed E-state index contributed by atoms with van der Waals surface area (Å²) in [6, 6.07) is 4.76. The van der Waals surface area contributed by atoms with E-state index in [0.29, 0.717) is 5.30 Å². The van der Waals surface area contributed by atoms with Crippen LogP contribution in [0.25, 0.3) is 0 Å². The van der Waals surface area contributed by atoms with E-state index in [1.54, 1.807) is 0 Å². The highest BCUT2D eigenvalue weighted by Crippen LogP contribution is 2.60. The molecule has 1 aromatic rings. The van der Waals surface area contributed by atoms with Gasteiger partial charge in [-0.1, -0.05) is 24.3 Å². The van der Waals surface area contributed by atoms with E-state index >= 15 is 0 Å². The van der Waals surface area contributed by atoms with Gasteiger partial charge in [-0.3, -0.25) is 0 Å². The Kier molecular flexibility index (Phi) is 6.38. The molecule has 0 aliphatic carbocycles. The number of halogens is 13. The van der Waals surface area contributed by atoms with Crippen LogP contribution in [0.15, 0.2) is 24.3 Å². The molecule has 14 heteroatoms. The molecule has 1 unspecified atom stereocenters. The molecular weight excluding hydrogens is 446 g/mol. The van der Waals surface area contributed by atoms with Crippen molar-refractivity contribution in [2.75, 3.05) is 0 Å². The zero-order chi connectivity index (χ0) is 22.4. The van der Waals surface area contributed by atoms with Crippen LogP contribution in [0.3, 0.4) is 0 Å². The van der Waals surface area contributed by atoms with E-state index in [-0.39, 0.29) is 5.56 Å². The molecule has 0 aromatic heterocycles. The van der Waals surface area contributed by atoms with Crippen LogP contribution in [0, 0.1) is 0 Å². The number of hydrogen-bond acceptors (Lipinski definition) is 0. The van der Waals surface area contributed by atoms with E-state index in [2.05, 4.69) is 9.24 Å². The predicted molar refractivity (Wildman–Crippen MR) is 74.9 cm³/mol. The molecule has 1 aromatic carbocycles. The van der Waals surface area contributed by atoms with Crippen LogP contribution in [-0.4, -0.2) is 35.8 Å². The average molecular weight is 456 g/mol. The fourth-order valence-corrected chi connectivity index (χ4v) is 2.14. The van der Waals surface area contributed by atoms with Gasteiger partial charge in [-0.15, -0.1) is 9.24 Å². The number of hydrogen-bond donors (Lipinski definition) is 0. The summed E-state index contributed by atoms with van der Waals surface area (Å²) in [5, 5.41) is 0.515. The third kappa shape index (κ3) is 3.91. The van der Waals surface area contributed by atoms with Crippen molar-refractivity contribution in [1.82, 2.24) is 0 Å². The number of alkyl halides is 13. The molecule has 0 nitrogen and oxygen atoms in total. The molecule has 0 saturated carbocycles. The summed E-state index contributed by atoms with van der Waals surface area (Å²) in [5.74, 6) is -36.5. The molecule has 0 amide bonds. The summed E-state index contributed by atoms with van der Waals surface area (Å²) >= 11 is 0. The Morgan fingerprint density at radius 2 is 0.964 bits per heavy atom. The monoisotopic (exact) mass is 456 g/mol. The molecule has 1 rings (SSSR count). The number of benzene rings is 1.